The summed E-state index contributed by atoms with van der Waals surface area (Å²) in [5, 5.41) is 8.10. The number of nitrogens with two attached hydrogens (primary N) is 1. The largest absolute Gasteiger partial charge is 0.486 e. The van der Waals surface area contributed by atoms with Crippen LogP contribution in [0.1, 0.15) is 25.3 Å². The molecule has 0 unspecified atom stereocenters. The minimum absolute atomic E-state index is 0.0672. The molecule has 1 aromatic heterocycles. The average molecular weight is 587 g/mol. The molecule has 1 aliphatic heterocycles. The highest BCUT2D eigenvalue weighted by molar-refractivity contribution is 7.88. The van der Waals surface area contributed by atoms with Gasteiger partial charge in [-0.3, -0.25) is 4.79 Å². The third kappa shape index (κ3) is 6.60. The summed E-state index contributed by atoms with van der Waals surface area (Å²) in [6, 6.07) is 14.3. The molecule has 2 fully saturated rings. The molecular formula is C28H35ClN6O4S. The van der Waals surface area contributed by atoms with Gasteiger partial charge in [-0.1, -0.05) is 36.7 Å². The molecule has 3 aromatic rings. The first-order chi connectivity index (χ1) is 19.2. The molecule has 2 aliphatic rings. The third-order valence-corrected chi connectivity index (χ3v) is 9.44. The van der Waals surface area contributed by atoms with Crippen LogP contribution < -0.4 is 26.2 Å². The Kier molecular flexibility index (Phi) is 8.37. The Morgan fingerprint density at radius 1 is 1.10 bits per heavy atom. The topological polar surface area (TPSA) is 123 Å². The number of aromatic nitrogens is 2. The molecule has 1 saturated carbocycles. The lowest BCUT2D eigenvalue weighted by Crippen LogP contribution is -2.49. The van der Waals surface area contributed by atoms with Crippen molar-refractivity contribution in [1.82, 2.24) is 14.1 Å². The van der Waals surface area contributed by atoms with E-state index in [1.807, 2.05) is 29.2 Å². The fraction of sp³-hybridized carbons (Fsp3) is 0.429. The molecule has 10 nitrogen and oxygen atoms in total. The van der Waals surface area contributed by atoms with E-state index < -0.39 is 10.0 Å². The second-order valence-electron chi connectivity index (χ2n) is 10.7. The van der Waals surface area contributed by atoms with Crippen molar-refractivity contribution in [1.29, 1.82) is 0 Å². The van der Waals surface area contributed by atoms with Crippen molar-refractivity contribution in [2.45, 2.75) is 25.5 Å². The van der Waals surface area contributed by atoms with E-state index in [-0.39, 0.29) is 22.5 Å². The number of rotatable bonds is 11. The summed E-state index contributed by atoms with van der Waals surface area (Å²) in [5.41, 5.74) is 7.92. The van der Waals surface area contributed by atoms with Gasteiger partial charge in [-0.15, -0.1) is 0 Å². The maximum atomic E-state index is 13.6. The number of hydrogen-bond acceptors (Lipinski definition) is 8. The summed E-state index contributed by atoms with van der Waals surface area (Å²) < 4.78 is 35.5. The number of piperazine rings is 1. The predicted octanol–water partition coefficient (Wildman–Crippen LogP) is 3.09. The zero-order chi connectivity index (χ0) is 28.3. The molecule has 0 amide bonds. The minimum Gasteiger partial charge on any atom is -0.486 e. The standard InChI is InChI=1S/C28H35ClN6O4S/c1-28(8-9-28)20-39-26-25(18-32-35(27(26)36)24-7-3-5-22(29)17-24)33-12-14-34(15-13-33)40(37,38)19-21-4-2-6-23(16-21)31-11-10-30/h2-7,16-18,31H,8-15,19-20,30H2,1H3. The monoisotopic (exact) mass is 586 g/mol. The zero-order valence-corrected chi connectivity index (χ0v) is 24.1. The van der Waals surface area contributed by atoms with Gasteiger partial charge < -0.3 is 20.7 Å². The van der Waals surface area contributed by atoms with Crippen LogP contribution in [-0.2, 0) is 15.8 Å². The van der Waals surface area contributed by atoms with Crippen LogP contribution >= 0.6 is 11.6 Å². The molecule has 2 aromatic carbocycles. The third-order valence-electron chi connectivity index (χ3n) is 7.36. The highest BCUT2D eigenvalue weighted by Crippen LogP contribution is 2.45. The van der Waals surface area contributed by atoms with Gasteiger partial charge in [-0.2, -0.15) is 14.1 Å². The van der Waals surface area contributed by atoms with E-state index in [4.69, 9.17) is 22.1 Å². The Balaban J connectivity index is 1.32. The van der Waals surface area contributed by atoms with Crippen LogP contribution in [0, 0.1) is 5.41 Å². The SMILES string of the molecule is CC1(COc2c(N3CCN(S(=O)(=O)Cc4cccc(NCCN)c4)CC3)cnn(-c3cccc(Cl)c3)c2=O)CC1. The molecule has 0 bridgehead atoms. The number of halogens is 1. The van der Waals surface area contributed by atoms with Crippen LogP contribution in [0.15, 0.2) is 59.5 Å². The summed E-state index contributed by atoms with van der Waals surface area (Å²) in [4.78, 5) is 15.6. The van der Waals surface area contributed by atoms with Crippen LogP contribution in [0.3, 0.4) is 0 Å². The lowest BCUT2D eigenvalue weighted by Gasteiger charge is -2.35. The van der Waals surface area contributed by atoms with Gasteiger partial charge in [-0.25, -0.2) is 8.42 Å². The molecule has 40 heavy (non-hydrogen) atoms. The van der Waals surface area contributed by atoms with Crippen molar-refractivity contribution in [3.63, 3.8) is 0 Å². The van der Waals surface area contributed by atoms with Crippen molar-refractivity contribution >= 4 is 33.0 Å². The van der Waals surface area contributed by atoms with Gasteiger partial charge in [0.15, 0.2) is 0 Å². The smallest absolute Gasteiger partial charge is 0.316 e. The van der Waals surface area contributed by atoms with Crippen LogP contribution in [-0.4, -0.2) is 68.4 Å². The molecule has 1 saturated heterocycles. The summed E-state index contributed by atoms with van der Waals surface area (Å²) in [7, 11) is -3.54. The normalized spacial score (nSPS) is 17.0. The van der Waals surface area contributed by atoms with Crippen molar-refractivity contribution in [3.8, 4) is 11.4 Å². The Morgan fingerprint density at radius 2 is 1.85 bits per heavy atom. The molecule has 2 heterocycles. The van der Waals surface area contributed by atoms with Gasteiger partial charge in [0.2, 0.25) is 15.8 Å². The van der Waals surface area contributed by atoms with E-state index in [1.54, 1.807) is 30.5 Å². The van der Waals surface area contributed by atoms with Crippen molar-refractivity contribution in [2.24, 2.45) is 11.1 Å². The number of ether oxygens (including phenoxy) is 1. The van der Waals surface area contributed by atoms with Gasteiger partial charge in [0.25, 0.3) is 0 Å². The van der Waals surface area contributed by atoms with Crippen LogP contribution in [0.25, 0.3) is 5.69 Å². The fourth-order valence-electron chi connectivity index (χ4n) is 4.68. The van der Waals surface area contributed by atoms with E-state index >= 15 is 0 Å². The first kappa shape index (κ1) is 28.4. The fourth-order valence-corrected chi connectivity index (χ4v) is 6.37. The number of nitrogens with zero attached hydrogens (tertiary/aromatic N) is 4. The molecule has 214 valence electrons. The second-order valence-corrected chi connectivity index (χ2v) is 13.1. The highest BCUT2D eigenvalue weighted by atomic mass is 35.5. The Morgan fingerprint density at radius 3 is 2.55 bits per heavy atom. The van der Waals surface area contributed by atoms with Crippen LogP contribution in [0.5, 0.6) is 5.75 Å². The first-order valence-corrected chi connectivity index (χ1v) is 15.4. The van der Waals surface area contributed by atoms with Crippen molar-refractivity contribution in [3.05, 3.63) is 75.7 Å². The quantitative estimate of drug-likeness (QED) is 0.351. The molecule has 0 radical (unpaired) electrons. The minimum atomic E-state index is -3.54. The lowest BCUT2D eigenvalue weighted by atomic mass is 10.2. The van der Waals surface area contributed by atoms with E-state index in [0.29, 0.717) is 67.8 Å². The molecule has 3 N–H and O–H groups in total. The number of hydrogen-bond donors (Lipinski definition) is 2. The van der Waals surface area contributed by atoms with Gasteiger partial charge >= 0.3 is 5.56 Å². The van der Waals surface area contributed by atoms with Crippen molar-refractivity contribution in [2.75, 3.05) is 56.1 Å². The molecule has 0 spiro atoms. The van der Waals surface area contributed by atoms with Gasteiger partial charge in [-0.05, 0) is 48.7 Å². The van der Waals surface area contributed by atoms with Crippen molar-refractivity contribution < 1.29 is 13.2 Å². The second kappa shape index (κ2) is 11.8. The molecular weight excluding hydrogens is 552 g/mol. The summed E-state index contributed by atoms with van der Waals surface area (Å²) in [6.07, 6.45) is 3.73. The zero-order valence-electron chi connectivity index (χ0n) is 22.6. The Labute approximate surface area is 239 Å². The van der Waals surface area contributed by atoms with E-state index in [2.05, 4.69) is 17.3 Å². The van der Waals surface area contributed by atoms with E-state index in [1.165, 1.54) is 8.99 Å². The van der Waals surface area contributed by atoms with E-state index in [9.17, 15) is 13.2 Å². The maximum Gasteiger partial charge on any atom is 0.316 e. The molecule has 12 heteroatoms. The number of nitrogens with one attached hydrogen (secondary N) is 1. The number of benzene rings is 2. The van der Waals surface area contributed by atoms with Crippen LogP contribution in [0.4, 0.5) is 11.4 Å². The highest BCUT2D eigenvalue weighted by Gasteiger charge is 2.39. The Hall–Kier alpha value is -3.12. The molecule has 0 atom stereocenters. The molecule has 5 rings (SSSR count). The maximum absolute atomic E-state index is 13.6. The summed E-state index contributed by atoms with van der Waals surface area (Å²) in [5.74, 6) is 0.135. The van der Waals surface area contributed by atoms with Gasteiger partial charge in [0.1, 0.15) is 5.69 Å². The summed E-state index contributed by atoms with van der Waals surface area (Å²) in [6.45, 7) is 5.08. The van der Waals surface area contributed by atoms with E-state index in [0.717, 1.165) is 18.5 Å². The lowest BCUT2D eigenvalue weighted by molar-refractivity contribution is 0.242. The first-order valence-electron chi connectivity index (χ1n) is 13.4. The number of anilines is 2. The van der Waals surface area contributed by atoms with Gasteiger partial charge in [0.05, 0.1) is 24.2 Å². The number of sulfonamides is 1. The molecule has 1 aliphatic carbocycles. The van der Waals surface area contributed by atoms with Crippen LogP contribution in [0.2, 0.25) is 5.02 Å². The van der Waals surface area contributed by atoms with Gasteiger partial charge in [0, 0.05) is 55.4 Å². The average Bonchev–Trinajstić information content (AvgIpc) is 3.68. The Bertz CT molecular complexity index is 1520. The summed E-state index contributed by atoms with van der Waals surface area (Å²) >= 11 is 6.15. The predicted molar refractivity (Wildman–Crippen MR) is 158 cm³/mol.